The topological polar surface area (TPSA) is 52.6 Å². The molecular weight excluding hydrogens is 520 g/mol. The van der Waals surface area contributed by atoms with Crippen LogP contribution in [0.1, 0.15) is 158 Å². The fraction of sp³-hybridized carbons (Fsp3) is 0.947. The molecule has 0 N–H and O–H groups in total. The van der Waals surface area contributed by atoms with Gasteiger partial charge in [-0.3, -0.25) is 9.59 Å². The molecule has 3 fully saturated rings. The van der Waals surface area contributed by atoms with E-state index >= 15 is 0 Å². The van der Waals surface area contributed by atoms with Crippen molar-refractivity contribution in [3.05, 3.63) is 0 Å². The van der Waals surface area contributed by atoms with Crippen molar-refractivity contribution in [3.63, 3.8) is 0 Å². The summed E-state index contributed by atoms with van der Waals surface area (Å²) in [5.74, 6) is 2.79. The lowest BCUT2D eigenvalue weighted by Gasteiger charge is -2.36. The van der Waals surface area contributed by atoms with Crippen molar-refractivity contribution in [2.45, 2.75) is 158 Å². The van der Waals surface area contributed by atoms with Gasteiger partial charge in [0.25, 0.3) is 0 Å². The molecule has 8 unspecified atom stereocenters. The number of hydrogen-bond donors (Lipinski definition) is 0. The number of rotatable bonds is 12. The van der Waals surface area contributed by atoms with Crippen molar-refractivity contribution in [2.24, 2.45) is 58.2 Å². The third-order valence-electron chi connectivity index (χ3n) is 11.1. The minimum atomic E-state index is -0.331. The molecule has 0 aliphatic heterocycles. The summed E-state index contributed by atoms with van der Waals surface area (Å²) in [6.07, 6.45) is 18.2. The van der Waals surface area contributed by atoms with E-state index in [4.69, 9.17) is 9.47 Å². The van der Waals surface area contributed by atoms with Crippen LogP contribution in [0.3, 0.4) is 0 Å². The van der Waals surface area contributed by atoms with Crippen molar-refractivity contribution < 1.29 is 19.1 Å². The molecule has 8 atom stereocenters. The van der Waals surface area contributed by atoms with Gasteiger partial charge in [-0.2, -0.15) is 0 Å². The fourth-order valence-corrected chi connectivity index (χ4v) is 8.35. The molecule has 0 radical (unpaired) electrons. The zero-order valence-corrected chi connectivity index (χ0v) is 29.0. The molecular formula is C38H68O4. The van der Waals surface area contributed by atoms with Crippen LogP contribution in [0.5, 0.6) is 0 Å². The van der Waals surface area contributed by atoms with Crippen LogP contribution in [-0.2, 0) is 19.1 Å². The Kier molecular flexibility index (Phi) is 13.8. The van der Waals surface area contributed by atoms with E-state index in [0.29, 0.717) is 47.7 Å². The lowest BCUT2D eigenvalue weighted by Crippen LogP contribution is -2.37. The van der Waals surface area contributed by atoms with E-state index in [1.165, 1.54) is 64.2 Å². The average Bonchev–Trinajstić information content (AvgIpc) is 2.90. The second kappa shape index (κ2) is 16.3. The summed E-state index contributed by atoms with van der Waals surface area (Å²) in [6.45, 7) is 19.7. The minimum absolute atomic E-state index is 0.143. The van der Waals surface area contributed by atoms with Gasteiger partial charge in [-0.25, -0.2) is 0 Å². The van der Waals surface area contributed by atoms with Gasteiger partial charge in [-0.15, -0.1) is 0 Å². The number of ether oxygens (including phenoxy) is 2. The van der Waals surface area contributed by atoms with Crippen LogP contribution < -0.4 is 0 Å². The Morgan fingerprint density at radius 3 is 1.31 bits per heavy atom. The Hall–Kier alpha value is -1.06. The number of carbonyl (C=O) groups is 2. The third kappa shape index (κ3) is 12.1. The van der Waals surface area contributed by atoms with Gasteiger partial charge in [0.2, 0.25) is 0 Å². The van der Waals surface area contributed by atoms with E-state index in [1.54, 1.807) is 0 Å². The molecule has 4 heteroatoms. The Bertz CT molecular complexity index is 752. The molecule has 42 heavy (non-hydrogen) atoms. The van der Waals surface area contributed by atoms with Crippen LogP contribution in [0.25, 0.3) is 0 Å². The van der Waals surface area contributed by atoms with E-state index < -0.39 is 0 Å². The summed E-state index contributed by atoms with van der Waals surface area (Å²) in [4.78, 5) is 26.9. The Labute approximate surface area is 260 Å². The fourth-order valence-electron chi connectivity index (χ4n) is 8.35. The molecule has 3 saturated carbocycles. The largest absolute Gasteiger partial charge is 0.465 e. The number of hydrogen-bond acceptors (Lipinski definition) is 4. The molecule has 0 aromatic carbocycles. The molecule has 4 nitrogen and oxygen atoms in total. The zero-order chi connectivity index (χ0) is 30.9. The molecule has 0 saturated heterocycles. The van der Waals surface area contributed by atoms with Gasteiger partial charge in [0.1, 0.15) is 0 Å². The Balaban J connectivity index is 1.51. The lowest BCUT2D eigenvalue weighted by atomic mass is 9.72. The molecule has 3 rings (SSSR count). The van der Waals surface area contributed by atoms with Crippen LogP contribution in [0.2, 0.25) is 0 Å². The van der Waals surface area contributed by atoms with E-state index in [0.717, 1.165) is 50.4 Å². The van der Waals surface area contributed by atoms with Gasteiger partial charge >= 0.3 is 11.9 Å². The molecule has 0 heterocycles. The van der Waals surface area contributed by atoms with Gasteiger partial charge in [-0.05, 0) is 97.7 Å². The van der Waals surface area contributed by atoms with Crippen molar-refractivity contribution in [1.29, 1.82) is 0 Å². The van der Waals surface area contributed by atoms with Crippen LogP contribution >= 0.6 is 0 Å². The monoisotopic (exact) mass is 589 g/mol. The molecule has 3 aliphatic carbocycles. The maximum atomic E-state index is 13.4. The molecule has 0 aromatic rings. The summed E-state index contributed by atoms with van der Waals surface area (Å²) < 4.78 is 12.1. The van der Waals surface area contributed by atoms with Crippen LogP contribution in [0.4, 0.5) is 0 Å². The second-order valence-corrected chi connectivity index (χ2v) is 17.5. The average molecular weight is 589 g/mol. The maximum absolute atomic E-state index is 13.4. The molecule has 0 spiro atoms. The maximum Gasteiger partial charge on any atom is 0.309 e. The minimum Gasteiger partial charge on any atom is -0.465 e. The van der Waals surface area contributed by atoms with Crippen molar-refractivity contribution in [1.82, 2.24) is 0 Å². The first-order valence-corrected chi connectivity index (χ1v) is 18.0. The highest BCUT2D eigenvalue weighted by Crippen LogP contribution is 2.40. The highest BCUT2D eigenvalue weighted by molar-refractivity contribution is 5.82. The number of esters is 2. The summed E-state index contributed by atoms with van der Waals surface area (Å²) >= 11 is 0. The Morgan fingerprint density at radius 1 is 0.571 bits per heavy atom. The molecule has 0 amide bonds. The van der Waals surface area contributed by atoms with Gasteiger partial charge < -0.3 is 9.47 Å². The van der Waals surface area contributed by atoms with Crippen molar-refractivity contribution in [3.8, 4) is 0 Å². The van der Waals surface area contributed by atoms with Gasteiger partial charge in [0.15, 0.2) is 0 Å². The molecule has 0 bridgehead atoms. The quantitative estimate of drug-likeness (QED) is 0.213. The second-order valence-electron chi connectivity index (χ2n) is 17.5. The molecule has 0 aromatic heterocycles. The van der Waals surface area contributed by atoms with E-state index in [9.17, 15) is 9.59 Å². The first-order chi connectivity index (χ1) is 19.7. The normalized spacial score (nSPS) is 32.8. The van der Waals surface area contributed by atoms with Crippen molar-refractivity contribution in [2.75, 3.05) is 13.2 Å². The predicted octanol–water partition coefficient (Wildman–Crippen LogP) is 10.4. The predicted molar refractivity (Wildman–Crippen MR) is 174 cm³/mol. The van der Waals surface area contributed by atoms with Gasteiger partial charge in [0, 0.05) is 0 Å². The van der Waals surface area contributed by atoms with Crippen LogP contribution in [0.15, 0.2) is 0 Å². The number of carbonyl (C=O) groups excluding carboxylic acids is 2. The van der Waals surface area contributed by atoms with E-state index in [-0.39, 0.29) is 23.8 Å². The highest BCUT2D eigenvalue weighted by atomic mass is 16.5. The molecule has 244 valence electrons. The van der Waals surface area contributed by atoms with Gasteiger partial charge in [0.05, 0.1) is 25.0 Å². The lowest BCUT2D eigenvalue weighted by molar-refractivity contribution is -0.165. The summed E-state index contributed by atoms with van der Waals surface area (Å²) in [5.41, 5.74) is 0.741. The smallest absolute Gasteiger partial charge is 0.309 e. The van der Waals surface area contributed by atoms with Crippen LogP contribution in [-0.4, -0.2) is 25.2 Å². The third-order valence-corrected chi connectivity index (χ3v) is 11.1. The SMILES string of the molecule is CC1CCC(COC(=O)C2CCCCC2C(=O)OCC2CCC(C)CC2CCCC(C)(C)C)C(CCCC(C)(C)C)C1. The van der Waals surface area contributed by atoms with E-state index in [1.807, 2.05) is 0 Å². The van der Waals surface area contributed by atoms with Crippen molar-refractivity contribution >= 4 is 11.9 Å². The van der Waals surface area contributed by atoms with Crippen LogP contribution in [0, 0.1) is 58.2 Å². The van der Waals surface area contributed by atoms with E-state index in [2.05, 4.69) is 55.4 Å². The highest BCUT2D eigenvalue weighted by Gasteiger charge is 2.40. The molecule has 3 aliphatic rings. The summed E-state index contributed by atoms with van der Waals surface area (Å²) in [7, 11) is 0. The van der Waals surface area contributed by atoms with Gasteiger partial charge in [-0.1, -0.05) is 107 Å². The Morgan fingerprint density at radius 2 is 0.952 bits per heavy atom. The summed E-state index contributed by atoms with van der Waals surface area (Å²) in [5, 5.41) is 0. The summed E-state index contributed by atoms with van der Waals surface area (Å²) in [6, 6.07) is 0. The first kappa shape index (κ1) is 35.4. The first-order valence-electron chi connectivity index (χ1n) is 18.0. The standard InChI is InChI=1S/C38H68O4/c1-27-17-19-31(29(23-27)13-11-21-37(3,4)5)25-41-35(39)33-15-9-10-16-34(33)36(40)42-26-32-20-18-28(2)24-30(32)14-12-22-38(6,7)8/h27-34H,9-26H2,1-8H3. The zero-order valence-electron chi connectivity index (χ0n) is 29.0.